The maximum atomic E-state index is 9.21. The Labute approximate surface area is 97.0 Å². The molecule has 0 amide bonds. The van der Waals surface area contributed by atoms with Crippen LogP contribution in [0.25, 0.3) is 0 Å². The maximum absolute atomic E-state index is 9.21. The second kappa shape index (κ2) is 5.59. The number of hydrogen-bond donors (Lipinski definition) is 1. The van der Waals surface area contributed by atoms with Crippen LogP contribution in [-0.2, 0) is 0 Å². The van der Waals surface area contributed by atoms with Crippen LogP contribution in [0.2, 0.25) is 0 Å². The zero-order valence-corrected chi connectivity index (χ0v) is 10.2. The van der Waals surface area contributed by atoms with Gasteiger partial charge in [-0.15, -0.1) is 11.6 Å². The summed E-state index contributed by atoms with van der Waals surface area (Å²) in [7, 11) is 0. The average molecular weight is 280 g/mol. The summed E-state index contributed by atoms with van der Waals surface area (Å²) in [5.74, 6) is 0.955. The Balaban J connectivity index is 2.62. The molecule has 1 N–H and O–H groups in total. The molecular formula is C10H12BrClO2. The van der Waals surface area contributed by atoms with Crippen LogP contribution in [0.3, 0.4) is 0 Å². The summed E-state index contributed by atoms with van der Waals surface area (Å²) in [5.41, 5.74) is 1.04. The van der Waals surface area contributed by atoms with Crippen LogP contribution < -0.4 is 4.74 Å². The van der Waals surface area contributed by atoms with E-state index in [4.69, 9.17) is 16.3 Å². The molecule has 0 aliphatic rings. The number of aliphatic hydroxyl groups is 1. The van der Waals surface area contributed by atoms with Crippen LogP contribution in [0, 0.1) is 6.92 Å². The van der Waals surface area contributed by atoms with Gasteiger partial charge in [0.2, 0.25) is 0 Å². The molecule has 2 nitrogen and oxygen atoms in total. The van der Waals surface area contributed by atoms with Crippen molar-refractivity contribution in [2.45, 2.75) is 13.0 Å². The lowest BCUT2D eigenvalue weighted by Crippen LogP contribution is -2.19. The normalized spacial score (nSPS) is 12.6. The number of benzene rings is 1. The fourth-order valence-corrected chi connectivity index (χ4v) is 1.39. The summed E-state index contributed by atoms with van der Waals surface area (Å²) in [6.45, 7) is 2.18. The van der Waals surface area contributed by atoms with Gasteiger partial charge in [0.05, 0.1) is 5.88 Å². The Morgan fingerprint density at radius 2 is 2.29 bits per heavy atom. The molecule has 0 saturated heterocycles. The lowest BCUT2D eigenvalue weighted by atomic mass is 10.2. The monoisotopic (exact) mass is 278 g/mol. The van der Waals surface area contributed by atoms with E-state index in [1.165, 1.54) is 0 Å². The van der Waals surface area contributed by atoms with Crippen LogP contribution in [0.15, 0.2) is 22.7 Å². The van der Waals surface area contributed by atoms with Crippen molar-refractivity contribution in [1.82, 2.24) is 0 Å². The minimum atomic E-state index is -0.616. The first-order chi connectivity index (χ1) is 6.63. The molecule has 78 valence electrons. The molecule has 4 heteroatoms. The predicted octanol–water partition coefficient (Wildman–Crippen LogP) is 2.74. The van der Waals surface area contributed by atoms with Crippen molar-refractivity contribution in [3.8, 4) is 5.75 Å². The highest BCUT2D eigenvalue weighted by molar-refractivity contribution is 9.10. The van der Waals surface area contributed by atoms with Crippen LogP contribution in [-0.4, -0.2) is 23.7 Å². The van der Waals surface area contributed by atoms with E-state index in [2.05, 4.69) is 15.9 Å². The van der Waals surface area contributed by atoms with Crippen LogP contribution in [0.1, 0.15) is 5.56 Å². The predicted molar refractivity (Wildman–Crippen MR) is 61.1 cm³/mol. The SMILES string of the molecule is Cc1ccc(Br)cc1OCC(O)CCl. The number of halogens is 2. The van der Waals surface area contributed by atoms with Gasteiger partial charge in [-0.3, -0.25) is 0 Å². The number of hydrogen-bond acceptors (Lipinski definition) is 2. The van der Waals surface area contributed by atoms with E-state index in [0.717, 1.165) is 15.8 Å². The lowest BCUT2D eigenvalue weighted by Gasteiger charge is -2.11. The van der Waals surface area contributed by atoms with Crippen molar-refractivity contribution in [2.24, 2.45) is 0 Å². The van der Waals surface area contributed by atoms with E-state index in [1.807, 2.05) is 25.1 Å². The second-order valence-electron chi connectivity index (χ2n) is 3.03. The second-order valence-corrected chi connectivity index (χ2v) is 4.25. The zero-order chi connectivity index (χ0) is 10.6. The van der Waals surface area contributed by atoms with Gasteiger partial charge >= 0.3 is 0 Å². The van der Waals surface area contributed by atoms with E-state index in [1.54, 1.807) is 0 Å². The van der Waals surface area contributed by atoms with E-state index in [9.17, 15) is 5.11 Å². The molecule has 0 aliphatic carbocycles. The Morgan fingerprint density at radius 3 is 2.93 bits per heavy atom. The molecule has 0 aromatic heterocycles. The Hall–Kier alpha value is -0.250. The van der Waals surface area contributed by atoms with Crippen molar-refractivity contribution in [2.75, 3.05) is 12.5 Å². The molecule has 0 spiro atoms. The Kier molecular flexibility index (Phi) is 4.72. The molecule has 0 aliphatic heterocycles. The van der Waals surface area contributed by atoms with Gasteiger partial charge in [-0.1, -0.05) is 22.0 Å². The highest BCUT2D eigenvalue weighted by Gasteiger charge is 2.05. The first-order valence-corrected chi connectivity index (χ1v) is 5.59. The van der Waals surface area contributed by atoms with Gasteiger partial charge in [0.25, 0.3) is 0 Å². The quantitative estimate of drug-likeness (QED) is 0.859. The number of ether oxygens (including phenoxy) is 1. The van der Waals surface area contributed by atoms with Crippen LogP contribution in [0.5, 0.6) is 5.75 Å². The highest BCUT2D eigenvalue weighted by atomic mass is 79.9. The number of aliphatic hydroxyl groups excluding tert-OH is 1. The van der Waals surface area contributed by atoms with Gasteiger partial charge < -0.3 is 9.84 Å². The zero-order valence-electron chi connectivity index (χ0n) is 7.84. The van der Waals surface area contributed by atoms with Gasteiger partial charge in [-0.2, -0.15) is 0 Å². The Morgan fingerprint density at radius 1 is 1.57 bits per heavy atom. The molecule has 0 fully saturated rings. The molecule has 1 aromatic carbocycles. The third-order valence-corrected chi connectivity index (χ3v) is 2.61. The van der Waals surface area contributed by atoms with E-state index < -0.39 is 6.10 Å². The summed E-state index contributed by atoms with van der Waals surface area (Å²) in [5, 5.41) is 9.21. The third kappa shape index (κ3) is 3.48. The summed E-state index contributed by atoms with van der Waals surface area (Å²) in [6, 6.07) is 5.77. The number of rotatable bonds is 4. The fraction of sp³-hybridized carbons (Fsp3) is 0.400. The summed E-state index contributed by atoms with van der Waals surface area (Å²) >= 11 is 8.80. The summed E-state index contributed by atoms with van der Waals surface area (Å²) in [4.78, 5) is 0. The first kappa shape index (κ1) is 11.8. The molecule has 1 atom stereocenters. The van der Waals surface area contributed by atoms with Gasteiger partial charge in [0, 0.05) is 4.47 Å². The number of aryl methyl sites for hydroxylation is 1. The highest BCUT2D eigenvalue weighted by Crippen LogP contribution is 2.22. The van der Waals surface area contributed by atoms with Gasteiger partial charge in [0.1, 0.15) is 18.5 Å². The van der Waals surface area contributed by atoms with Crippen LogP contribution >= 0.6 is 27.5 Å². The summed E-state index contributed by atoms with van der Waals surface area (Å²) in [6.07, 6.45) is -0.616. The van der Waals surface area contributed by atoms with E-state index >= 15 is 0 Å². The maximum Gasteiger partial charge on any atom is 0.123 e. The van der Waals surface area contributed by atoms with E-state index in [-0.39, 0.29) is 12.5 Å². The van der Waals surface area contributed by atoms with Crippen molar-refractivity contribution < 1.29 is 9.84 Å². The first-order valence-electron chi connectivity index (χ1n) is 4.26. The van der Waals surface area contributed by atoms with Crippen molar-refractivity contribution in [3.63, 3.8) is 0 Å². The minimum absolute atomic E-state index is 0.188. The van der Waals surface area contributed by atoms with Crippen molar-refractivity contribution >= 4 is 27.5 Å². The van der Waals surface area contributed by atoms with Crippen molar-refractivity contribution in [3.05, 3.63) is 28.2 Å². The van der Waals surface area contributed by atoms with Gasteiger partial charge in [-0.25, -0.2) is 0 Å². The summed E-state index contributed by atoms with van der Waals surface area (Å²) < 4.78 is 6.36. The molecule has 0 bridgehead atoms. The molecule has 1 aromatic rings. The molecular weight excluding hydrogens is 267 g/mol. The third-order valence-electron chi connectivity index (χ3n) is 1.76. The Bertz CT molecular complexity index is 304. The minimum Gasteiger partial charge on any atom is -0.491 e. The average Bonchev–Trinajstić information content (AvgIpc) is 2.19. The topological polar surface area (TPSA) is 29.5 Å². The lowest BCUT2D eigenvalue weighted by molar-refractivity contribution is 0.125. The smallest absolute Gasteiger partial charge is 0.123 e. The molecule has 14 heavy (non-hydrogen) atoms. The molecule has 0 saturated carbocycles. The molecule has 0 heterocycles. The standard InChI is InChI=1S/C10H12BrClO2/c1-7-2-3-8(11)4-10(7)14-6-9(13)5-12/h2-4,9,13H,5-6H2,1H3. The largest absolute Gasteiger partial charge is 0.491 e. The molecule has 1 rings (SSSR count). The van der Waals surface area contributed by atoms with E-state index in [0.29, 0.717) is 0 Å². The van der Waals surface area contributed by atoms with Gasteiger partial charge in [0.15, 0.2) is 0 Å². The molecule has 0 radical (unpaired) electrons. The van der Waals surface area contributed by atoms with Gasteiger partial charge in [-0.05, 0) is 24.6 Å². The fourth-order valence-electron chi connectivity index (χ4n) is 0.960. The molecule has 1 unspecified atom stereocenters. The van der Waals surface area contributed by atoms with Crippen molar-refractivity contribution in [1.29, 1.82) is 0 Å². The van der Waals surface area contributed by atoms with Crippen LogP contribution in [0.4, 0.5) is 0 Å². The number of alkyl halides is 1.